The second-order valence-corrected chi connectivity index (χ2v) is 12.7. The maximum absolute atomic E-state index is 14.5. The molecular weight excluding hydrogens is 655 g/mol. The number of amides is 2. The third kappa shape index (κ3) is 10.7. The molecule has 1 aliphatic heterocycles. The van der Waals surface area contributed by atoms with E-state index < -0.39 is 23.7 Å². The number of likely N-dealkylation sites (N-methyl/N-ethyl adjacent to an activating group) is 1. The maximum atomic E-state index is 14.5. The first-order chi connectivity index (χ1) is 24.6. The molecule has 2 heterocycles. The van der Waals surface area contributed by atoms with Crippen LogP contribution in [0.4, 0.5) is 19.0 Å². The van der Waals surface area contributed by atoms with Gasteiger partial charge in [0.15, 0.2) is 0 Å². The molecule has 3 aromatic carbocycles. The van der Waals surface area contributed by atoms with Gasteiger partial charge in [0.05, 0.1) is 12.2 Å². The molecule has 0 unspecified atom stereocenters. The zero-order chi connectivity index (χ0) is 36.2. The fraction of sp³-hybridized carbons (Fsp3) is 0.325. The summed E-state index contributed by atoms with van der Waals surface area (Å²) in [5.74, 6) is 0.146. The van der Waals surface area contributed by atoms with Crippen molar-refractivity contribution in [2.24, 2.45) is 0 Å². The standard InChI is InChI=1S/C40H44F3N5O3/c1-45(25-26-51-2)37-19-15-34(28-44-37)30-48(38(49)20-16-31-13-17-35(18-14-31)40(41,42)43)36(27-32-9-5-3-6-10-32)39(50)47-23-21-46(22-24-47)29-33-11-7-4-8-12-33/h3-20,28,36H,21-27,29-30H2,1-2H3/b20-16+/t36-/m0/s1. The largest absolute Gasteiger partial charge is 0.416 e. The van der Waals surface area contributed by atoms with E-state index in [-0.39, 0.29) is 18.9 Å². The monoisotopic (exact) mass is 699 g/mol. The van der Waals surface area contributed by atoms with Crippen LogP contribution in [-0.2, 0) is 40.0 Å². The molecule has 5 rings (SSSR count). The van der Waals surface area contributed by atoms with Gasteiger partial charge in [-0.1, -0.05) is 78.9 Å². The molecule has 0 saturated carbocycles. The van der Waals surface area contributed by atoms with Crippen molar-refractivity contribution in [3.63, 3.8) is 0 Å². The first-order valence-electron chi connectivity index (χ1n) is 17.0. The predicted molar refractivity (Wildman–Crippen MR) is 193 cm³/mol. The Morgan fingerprint density at radius 2 is 1.51 bits per heavy atom. The van der Waals surface area contributed by atoms with Crippen molar-refractivity contribution in [2.45, 2.75) is 31.7 Å². The van der Waals surface area contributed by atoms with Crippen LogP contribution in [0.25, 0.3) is 6.08 Å². The van der Waals surface area contributed by atoms with Crippen molar-refractivity contribution in [2.75, 3.05) is 58.4 Å². The minimum atomic E-state index is -4.46. The normalized spacial score (nSPS) is 14.4. The number of halogens is 3. The molecule has 1 aliphatic rings. The number of carbonyl (C=O) groups excluding carboxylic acids is 2. The fourth-order valence-electron chi connectivity index (χ4n) is 6.01. The predicted octanol–water partition coefficient (Wildman–Crippen LogP) is 6.18. The van der Waals surface area contributed by atoms with Gasteiger partial charge in [0.1, 0.15) is 11.9 Å². The first kappa shape index (κ1) is 37.3. The molecule has 1 fully saturated rings. The Balaban J connectivity index is 1.41. The van der Waals surface area contributed by atoms with Gasteiger partial charge in [-0.05, 0) is 46.5 Å². The molecule has 51 heavy (non-hydrogen) atoms. The summed E-state index contributed by atoms with van der Waals surface area (Å²) in [6.07, 6.45) is 0.328. The van der Waals surface area contributed by atoms with Crippen molar-refractivity contribution >= 4 is 23.7 Å². The van der Waals surface area contributed by atoms with Crippen LogP contribution in [0.15, 0.2) is 109 Å². The number of anilines is 1. The topological polar surface area (TPSA) is 69.2 Å². The number of hydrogen-bond donors (Lipinski definition) is 0. The lowest BCUT2D eigenvalue weighted by Gasteiger charge is -2.39. The van der Waals surface area contributed by atoms with Gasteiger partial charge in [0.25, 0.3) is 0 Å². The fourth-order valence-corrected chi connectivity index (χ4v) is 6.01. The highest BCUT2D eigenvalue weighted by atomic mass is 19.4. The van der Waals surface area contributed by atoms with Crippen LogP contribution in [0.1, 0.15) is 27.8 Å². The molecule has 4 aromatic rings. The van der Waals surface area contributed by atoms with E-state index in [0.29, 0.717) is 44.9 Å². The lowest BCUT2D eigenvalue weighted by molar-refractivity contribution is -0.145. The van der Waals surface area contributed by atoms with Gasteiger partial charge in [-0.3, -0.25) is 14.5 Å². The number of pyridine rings is 1. The number of hydrogen-bond acceptors (Lipinski definition) is 6. The smallest absolute Gasteiger partial charge is 0.383 e. The van der Waals surface area contributed by atoms with E-state index in [4.69, 9.17) is 4.74 Å². The molecule has 0 spiro atoms. The number of benzene rings is 3. The maximum Gasteiger partial charge on any atom is 0.416 e. The number of ether oxygens (including phenoxy) is 1. The second-order valence-electron chi connectivity index (χ2n) is 12.7. The molecule has 0 aliphatic carbocycles. The Bertz CT molecular complexity index is 1710. The van der Waals surface area contributed by atoms with Gasteiger partial charge in [0.2, 0.25) is 11.8 Å². The Labute approximate surface area is 297 Å². The Morgan fingerprint density at radius 1 is 0.863 bits per heavy atom. The summed E-state index contributed by atoms with van der Waals surface area (Å²) in [5, 5.41) is 0. The van der Waals surface area contributed by atoms with Crippen LogP contribution in [0, 0.1) is 0 Å². The van der Waals surface area contributed by atoms with Gasteiger partial charge in [-0.25, -0.2) is 4.98 Å². The highest BCUT2D eigenvalue weighted by Gasteiger charge is 2.34. The number of rotatable bonds is 14. The van der Waals surface area contributed by atoms with E-state index in [1.807, 2.05) is 77.5 Å². The van der Waals surface area contributed by atoms with Crippen LogP contribution < -0.4 is 4.90 Å². The molecular formula is C40H44F3N5O3. The summed E-state index contributed by atoms with van der Waals surface area (Å²) < 4.78 is 44.7. The van der Waals surface area contributed by atoms with E-state index in [1.54, 1.807) is 18.2 Å². The van der Waals surface area contributed by atoms with Crippen molar-refractivity contribution in [1.82, 2.24) is 19.7 Å². The van der Waals surface area contributed by atoms with Gasteiger partial charge in [0, 0.05) is 78.7 Å². The summed E-state index contributed by atoms with van der Waals surface area (Å²) in [5.41, 5.74) is 2.50. The van der Waals surface area contributed by atoms with Gasteiger partial charge in [-0.15, -0.1) is 0 Å². The van der Waals surface area contributed by atoms with E-state index >= 15 is 0 Å². The molecule has 1 aromatic heterocycles. The molecule has 0 bridgehead atoms. The molecule has 0 radical (unpaired) electrons. The molecule has 1 saturated heterocycles. The minimum Gasteiger partial charge on any atom is -0.383 e. The average Bonchev–Trinajstić information content (AvgIpc) is 3.15. The number of piperazine rings is 1. The first-order valence-corrected chi connectivity index (χ1v) is 17.0. The molecule has 8 nitrogen and oxygen atoms in total. The molecule has 2 amide bonds. The number of methoxy groups -OCH3 is 1. The molecule has 0 N–H and O–H groups in total. The lowest BCUT2D eigenvalue weighted by atomic mass is 10.0. The highest BCUT2D eigenvalue weighted by Crippen LogP contribution is 2.29. The van der Waals surface area contributed by atoms with Crippen molar-refractivity contribution in [3.8, 4) is 0 Å². The van der Waals surface area contributed by atoms with Crippen LogP contribution in [0.5, 0.6) is 0 Å². The van der Waals surface area contributed by atoms with Crippen LogP contribution >= 0.6 is 0 Å². The van der Waals surface area contributed by atoms with Crippen molar-refractivity contribution in [3.05, 3.63) is 137 Å². The molecule has 268 valence electrons. The number of nitrogens with zero attached hydrogens (tertiary/aromatic N) is 5. The third-order valence-electron chi connectivity index (χ3n) is 8.99. The van der Waals surface area contributed by atoms with Gasteiger partial charge in [-0.2, -0.15) is 13.2 Å². The average molecular weight is 700 g/mol. The molecule has 11 heteroatoms. The Kier molecular flexibility index (Phi) is 13.0. The molecule has 1 atom stereocenters. The van der Waals surface area contributed by atoms with Gasteiger partial charge < -0.3 is 19.4 Å². The lowest BCUT2D eigenvalue weighted by Crippen LogP contribution is -2.56. The van der Waals surface area contributed by atoms with Crippen molar-refractivity contribution in [1.29, 1.82) is 0 Å². The Morgan fingerprint density at radius 3 is 2.10 bits per heavy atom. The van der Waals surface area contributed by atoms with E-state index in [2.05, 4.69) is 22.0 Å². The summed E-state index contributed by atoms with van der Waals surface area (Å²) in [4.78, 5) is 40.9. The summed E-state index contributed by atoms with van der Waals surface area (Å²) >= 11 is 0. The zero-order valence-corrected chi connectivity index (χ0v) is 29.0. The number of carbonyl (C=O) groups is 2. The number of aromatic nitrogens is 1. The summed E-state index contributed by atoms with van der Waals surface area (Å²) in [6, 6.07) is 27.3. The minimum absolute atomic E-state index is 0.0997. The Hall–Kier alpha value is -5.00. The quantitative estimate of drug-likeness (QED) is 0.147. The summed E-state index contributed by atoms with van der Waals surface area (Å²) in [7, 11) is 3.55. The summed E-state index contributed by atoms with van der Waals surface area (Å²) in [6.45, 7) is 4.51. The van der Waals surface area contributed by atoms with E-state index in [9.17, 15) is 22.8 Å². The van der Waals surface area contributed by atoms with Gasteiger partial charge >= 0.3 is 6.18 Å². The second kappa shape index (κ2) is 17.8. The highest BCUT2D eigenvalue weighted by molar-refractivity contribution is 5.95. The van der Waals surface area contributed by atoms with Crippen LogP contribution in [0.3, 0.4) is 0 Å². The SMILES string of the molecule is COCCN(C)c1ccc(CN(C(=O)/C=C/c2ccc(C(F)(F)F)cc2)[C@@H](Cc2ccccc2)C(=O)N2CCN(Cc3ccccc3)CC2)cn1. The van der Waals surface area contributed by atoms with Crippen LogP contribution in [0.2, 0.25) is 0 Å². The zero-order valence-electron chi connectivity index (χ0n) is 29.0. The van der Waals surface area contributed by atoms with E-state index in [1.165, 1.54) is 29.8 Å². The van der Waals surface area contributed by atoms with Crippen molar-refractivity contribution < 1.29 is 27.5 Å². The third-order valence-corrected chi connectivity index (χ3v) is 8.99. The van der Waals surface area contributed by atoms with E-state index in [0.717, 1.165) is 35.6 Å². The number of alkyl halides is 3. The van der Waals surface area contributed by atoms with Crippen LogP contribution in [-0.4, -0.2) is 91.0 Å².